The van der Waals surface area contributed by atoms with Gasteiger partial charge in [0.15, 0.2) is 5.82 Å². The molecular weight excluding hydrogens is 332 g/mol. The number of aromatic nitrogens is 2. The number of aryl methyl sites for hydroxylation is 1. The Balaban J connectivity index is 1.77. The molecule has 1 saturated heterocycles. The second-order valence-corrected chi connectivity index (χ2v) is 7.18. The van der Waals surface area contributed by atoms with Crippen molar-refractivity contribution in [1.82, 2.24) is 15.0 Å². The number of nitrogens with two attached hydrogens (primary N) is 1. The van der Waals surface area contributed by atoms with Crippen LogP contribution in [0.4, 0.5) is 4.79 Å². The largest absolute Gasteiger partial charge is 0.410 e. The molecule has 3 rings (SSSR count). The molecule has 140 valence electrons. The van der Waals surface area contributed by atoms with Gasteiger partial charge in [-0.25, -0.2) is 4.79 Å². The Morgan fingerprint density at radius 3 is 2.69 bits per heavy atom. The van der Waals surface area contributed by atoms with Crippen LogP contribution >= 0.6 is 0 Å². The van der Waals surface area contributed by atoms with Crippen LogP contribution in [-0.4, -0.2) is 40.3 Å². The quantitative estimate of drug-likeness (QED) is 0.882. The summed E-state index contributed by atoms with van der Waals surface area (Å²) in [5.74, 6) is 1.83. The lowest BCUT2D eigenvalue weighted by atomic mass is 9.89. The molecule has 1 aliphatic heterocycles. The lowest BCUT2D eigenvalue weighted by Gasteiger charge is -2.34. The van der Waals surface area contributed by atoms with Crippen LogP contribution in [0.15, 0.2) is 22.7 Å². The molecule has 0 aliphatic carbocycles. The first-order chi connectivity index (χ1) is 12.4. The number of amides is 1. The maximum Gasteiger partial charge on any atom is 0.409 e. The van der Waals surface area contributed by atoms with Gasteiger partial charge >= 0.3 is 6.09 Å². The molecule has 1 aliphatic rings. The van der Waals surface area contributed by atoms with Gasteiger partial charge in [-0.2, -0.15) is 4.98 Å². The van der Waals surface area contributed by atoms with E-state index in [9.17, 15) is 4.79 Å². The van der Waals surface area contributed by atoms with E-state index >= 15 is 0 Å². The van der Waals surface area contributed by atoms with Crippen LogP contribution in [0.5, 0.6) is 5.75 Å². The number of hydrogen-bond donors (Lipinski definition) is 1. The van der Waals surface area contributed by atoms with E-state index in [1.807, 2.05) is 12.1 Å². The fourth-order valence-corrected chi connectivity index (χ4v) is 3.48. The first-order valence-electron chi connectivity index (χ1n) is 9.07. The highest BCUT2D eigenvalue weighted by atomic mass is 16.5. The Hall–Kier alpha value is -2.41. The predicted octanol–water partition coefficient (Wildman–Crippen LogP) is 3.17. The van der Waals surface area contributed by atoms with Gasteiger partial charge in [-0.15, -0.1) is 0 Å². The number of rotatable bonds is 5. The Morgan fingerprint density at radius 1 is 1.38 bits per heavy atom. The molecule has 0 bridgehead atoms. The third-order valence-electron chi connectivity index (χ3n) is 4.92. The summed E-state index contributed by atoms with van der Waals surface area (Å²) in [5, 5.41) is 3.82. The molecular formula is C19H26N4O3. The average molecular weight is 358 g/mol. The number of benzene rings is 1. The summed E-state index contributed by atoms with van der Waals surface area (Å²) >= 11 is 0. The molecule has 2 heterocycles. The monoisotopic (exact) mass is 358 g/mol. The zero-order chi connectivity index (χ0) is 18.7. The van der Waals surface area contributed by atoms with Gasteiger partial charge in [0.1, 0.15) is 5.75 Å². The van der Waals surface area contributed by atoms with Crippen LogP contribution in [0, 0.1) is 12.8 Å². The van der Waals surface area contributed by atoms with Crippen molar-refractivity contribution in [2.24, 2.45) is 11.7 Å². The Morgan fingerprint density at radius 2 is 2.12 bits per heavy atom. The third kappa shape index (κ3) is 4.40. The van der Waals surface area contributed by atoms with E-state index in [0.717, 1.165) is 25.1 Å². The molecule has 1 aromatic heterocycles. The van der Waals surface area contributed by atoms with Crippen molar-refractivity contribution < 1.29 is 14.1 Å². The van der Waals surface area contributed by atoms with Gasteiger partial charge < -0.3 is 19.9 Å². The van der Waals surface area contributed by atoms with Crippen molar-refractivity contribution >= 4 is 6.09 Å². The highest BCUT2D eigenvalue weighted by Crippen LogP contribution is 2.32. The Bertz CT molecular complexity index is 764. The van der Waals surface area contributed by atoms with Gasteiger partial charge in [0.2, 0.25) is 0 Å². The zero-order valence-electron chi connectivity index (χ0n) is 15.6. The highest BCUT2D eigenvalue weighted by Gasteiger charge is 2.22. The molecule has 1 aromatic carbocycles. The number of piperidine rings is 1. The van der Waals surface area contributed by atoms with E-state index in [2.05, 4.69) is 28.9 Å². The molecule has 26 heavy (non-hydrogen) atoms. The molecule has 1 amide bonds. The molecule has 2 N–H and O–H groups in total. The van der Waals surface area contributed by atoms with E-state index in [4.69, 9.17) is 15.0 Å². The molecule has 0 saturated carbocycles. The third-order valence-corrected chi connectivity index (χ3v) is 4.92. The van der Waals surface area contributed by atoms with Crippen molar-refractivity contribution in [3.63, 3.8) is 0 Å². The molecule has 2 aromatic rings. The van der Waals surface area contributed by atoms with Gasteiger partial charge in [0.25, 0.3) is 5.89 Å². The van der Waals surface area contributed by atoms with Gasteiger partial charge in [-0.3, -0.25) is 0 Å². The van der Waals surface area contributed by atoms with Gasteiger partial charge in [-0.1, -0.05) is 11.2 Å². The molecule has 0 radical (unpaired) electrons. The van der Waals surface area contributed by atoms with Crippen molar-refractivity contribution in [3.8, 4) is 17.2 Å². The van der Waals surface area contributed by atoms with Crippen LogP contribution in [0.3, 0.4) is 0 Å². The number of primary amides is 1. The molecule has 0 atom stereocenters. The summed E-state index contributed by atoms with van der Waals surface area (Å²) in [4.78, 5) is 17.9. The van der Waals surface area contributed by atoms with Crippen LogP contribution in [0.25, 0.3) is 11.5 Å². The first-order valence-corrected chi connectivity index (χ1v) is 9.07. The minimum absolute atomic E-state index is 0.329. The molecule has 7 nitrogen and oxygen atoms in total. The van der Waals surface area contributed by atoms with Gasteiger partial charge in [0, 0.05) is 6.04 Å². The second-order valence-electron chi connectivity index (χ2n) is 7.18. The van der Waals surface area contributed by atoms with Gasteiger partial charge in [0.05, 0.1) is 5.56 Å². The second kappa shape index (κ2) is 7.86. The molecule has 0 spiro atoms. The van der Waals surface area contributed by atoms with Crippen molar-refractivity contribution in [2.75, 3.05) is 13.1 Å². The number of hydrogen-bond acceptors (Lipinski definition) is 6. The van der Waals surface area contributed by atoms with E-state index in [0.29, 0.717) is 35.0 Å². The van der Waals surface area contributed by atoms with Crippen molar-refractivity contribution in [3.05, 3.63) is 29.6 Å². The smallest absolute Gasteiger partial charge is 0.409 e. The van der Waals surface area contributed by atoms with E-state index < -0.39 is 6.09 Å². The number of likely N-dealkylation sites (tertiary alicyclic amines) is 1. The number of ether oxygens (including phenoxy) is 1. The normalized spacial score (nSPS) is 16.2. The zero-order valence-corrected chi connectivity index (χ0v) is 15.6. The van der Waals surface area contributed by atoms with Crippen LogP contribution in [-0.2, 0) is 6.42 Å². The van der Waals surface area contributed by atoms with Crippen LogP contribution in [0.1, 0.15) is 38.1 Å². The molecule has 0 unspecified atom stereocenters. The summed E-state index contributed by atoms with van der Waals surface area (Å²) in [6.07, 6.45) is 2.49. The van der Waals surface area contributed by atoms with E-state index in [1.54, 1.807) is 13.0 Å². The molecule has 7 heteroatoms. The maximum absolute atomic E-state index is 11.2. The molecule has 1 fully saturated rings. The lowest BCUT2D eigenvalue weighted by molar-refractivity contribution is 0.149. The van der Waals surface area contributed by atoms with Crippen LogP contribution < -0.4 is 10.5 Å². The summed E-state index contributed by atoms with van der Waals surface area (Å²) in [6, 6.07) is 6.28. The number of carbonyl (C=O) groups is 1. The lowest BCUT2D eigenvalue weighted by Crippen LogP contribution is -2.38. The predicted molar refractivity (Wildman–Crippen MR) is 97.8 cm³/mol. The van der Waals surface area contributed by atoms with Gasteiger partial charge in [-0.05, 0) is 76.7 Å². The minimum Gasteiger partial charge on any atom is -0.410 e. The maximum atomic E-state index is 11.2. The number of carbonyl (C=O) groups excluding carboxylic acids is 1. The Kier molecular flexibility index (Phi) is 5.56. The highest BCUT2D eigenvalue weighted by molar-refractivity contribution is 5.73. The first kappa shape index (κ1) is 18.4. The number of nitrogens with zero attached hydrogens (tertiary/aromatic N) is 3. The summed E-state index contributed by atoms with van der Waals surface area (Å²) in [6.45, 7) is 8.52. The van der Waals surface area contributed by atoms with Crippen molar-refractivity contribution in [1.29, 1.82) is 0 Å². The van der Waals surface area contributed by atoms with Crippen molar-refractivity contribution in [2.45, 2.75) is 46.1 Å². The summed E-state index contributed by atoms with van der Waals surface area (Å²) < 4.78 is 10.4. The topological polar surface area (TPSA) is 94.5 Å². The fourth-order valence-electron chi connectivity index (χ4n) is 3.48. The SMILES string of the molecule is Cc1noc(-c2cc(CC3CCN(C(C)C)CC3)ccc2OC(N)=O)n1. The van der Waals surface area contributed by atoms with E-state index in [-0.39, 0.29) is 0 Å². The van der Waals surface area contributed by atoms with Crippen LogP contribution in [0.2, 0.25) is 0 Å². The standard InChI is InChI=1S/C19H26N4O3/c1-12(2)23-8-6-14(7-9-23)10-15-4-5-17(25-19(20)24)16(11-15)18-21-13(3)22-26-18/h4-5,11-12,14H,6-10H2,1-3H3,(H2,20,24). The average Bonchev–Trinajstić information content (AvgIpc) is 3.02. The summed E-state index contributed by atoms with van der Waals surface area (Å²) in [7, 11) is 0. The van der Waals surface area contributed by atoms with E-state index in [1.165, 1.54) is 12.8 Å². The fraction of sp³-hybridized carbons (Fsp3) is 0.526. The summed E-state index contributed by atoms with van der Waals surface area (Å²) in [5.41, 5.74) is 6.93. The Labute approximate surface area is 153 Å². The minimum atomic E-state index is -0.865.